The molecule has 1 heterocycles. The van der Waals surface area contributed by atoms with E-state index in [0.29, 0.717) is 13.1 Å². The lowest BCUT2D eigenvalue weighted by Gasteiger charge is -2.31. The maximum Gasteiger partial charge on any atom is 0.410 e. The lowest BCUT2D eigenvalue weighted by atomic mass is 9.95. The third-order valence-electron chi connectivity index (χ3n) is 2.57. The van der Waals surface area contributed by atoms with Gasteiger partial charge in [-0.1, -0.05) is 12.7 Å². The van der Waals surface area contributed by atoms with Crippen LogP contribution in [-0.2, 0) is 9.53 Å². The Kier molecular flexibility index (Phi) is 4.82. The Hall–Kier alpha value is -1.52. The van der Waals surface area contributed by atoms with Crippen molar-refractivity contribution in [3.8, 4) is 0 Å². The summed E-state index contributed by atoms with van der Waals surface area (Å²) >= 11 is 0. The molecule has 5 nitrogen and oxygen atoms in total. The standard InChI is InChI=1S/C11H17NO4/c1-2-6-16-11(15)12-5-3-4-9(8-12)7-10(13)14/h2,9H,1,3-8H2,(H,13,14)/t9-/m1/s1. The number of aliphatic carboxylic acids is 1. The first kappa shape index (κ1) is 12.5. The molecule has 1 atom stereocenters. The summed E-state index contributed by atoms with van der Waals surface area (Å²) in [6, 6.07) is 0. The van der Waals surface area contributed by atoms with E-state index in [4.69, 9.17) is 9.84 Å². The second kappa shape index (κ2) is 6.15. The van der Waals surface area contributed by atoms with Crippen molar-refractivity contribution < 1.29 is 19.4 Å². The van der Waals surface area contributed by atoms with E-state index in [1.807, 2.05) is 0 Å². The van der Waals surface area contributed by atoms with Crippen LogP contribution < -0.4 is 0 Å². The number of hydrogen-bond acceptors (Lipinski definition) is 3. The summed E-state index contributed by atoms with van der Waals surface area (Å²) in [5, 5.41) is 8.68. The number of carboxylic acids is 1. The molecule has 1 amide bonds. The third kappa shape index (κ3) is 3.92. The normalized spacial score (nSPS) is 20.2. The Bertz CT molecular complexity index is 277. The molecule has 1 saturated heterocycles. The number of hydrogen-bond donors (Lipinski definition) is 1. The first-order valence-corrected chi connectivity index (χ1v) is 5.38. The molecule has 0 spiro atoms. The highest BCUT2D eigenvalue weighted by molar-refractivity contribution is 5.69. The minimum absolute atomic E-state index is 0.0440. The van der Waals surface area contributed by atoms with E-state index in [0.717, 1.165) is 12.8 Å². The smallest absolute Gasteiger partial charge is 0.410 e. The summed E-state index contributed by atoms with van der Waals surface area (Å²) in [6.45, 7) is 4.77. The molecule has 0 aromatic rings. The van der Waals surface area contributed by atoms with Crippen LogP contribution in [0.1, 0.15) is 19.3 Å². The summed E-state index contributed by atoms with van der Waals surface area (Å²) in [5.41, 5.74) is 0. The fourth-order valence-electron chi connectivity index (χ4n) is 1.87. The number of nitrogens with zero attached hydrogens (tertiary/aromatic N) is 1. The predicted molar refractivity (Wildman–Crippen MR) is 58.1 cm³/mol. The Morgan fingerprint density at radius 3 is 2.94 bits per heavy atom. The summed E-state index contributed by atoms with van der Waals surface area (Å²) in [5.74, 6) is -0.770. The fraction of sp³-hybridized carbons (Fsp3) is 0.636. The van der Waals surface area contributed by atoms with Crippen LogP contribution in [0.4, 0.5) is 4.79 Å². The molecule has 0 aliphatic carbocycles. The van der Waals surface area contributed by atoms with Crippen molar-refractivity contribution in [2.24, 2.45) is 5.92 Å². The molecule has 0 aromatic heterocycles. The van der Waals surface area contributed by atoms with Crippen LogP contribution in [0.5, 0.6) is 0 Å². The summed E-state index contributed by atoms with van der Waals surface area (Å²) in [6.07, 6.45) is 2.94. The lowest BCUT2D eigenvalue weighted by Crippen LogP contribution is -2.40. The van der Waals surface area contributed by atoms with Gasteiger partial charge in [-0.15, -0.1) is 0 Å². The average Bonchev–Trinajstić information content (AvgIpc) is 2.25. The molecule has 1 rings (SSSR count). The van der Waals surface area contributed by atoms with E-state index in [9.17, 15) is 9.59 Å². The van der Waals surface area contributed by atoms with E-state index in [-0.39, 0.29) is 25.0 Å². The maximum atomic E-state index is 11.5. The quantitative estimate of drug-likeness (QED) is 0.739. The van der Waals surface area contributed by atoms with Crippen LogP contribution in [-0.4, -0.2) is 41.8 Å². The molecule has 0 bridgehead atoms. The fourth-order valence-corrected chi connectivity index (χ4v) is 1.87. The molecule has 0 saturated carbocycles. The summed E-state index contributed by atoms with van der Waals surface area (Å²) in [7, 11) is 0. The zero-order valence-electron chi connectivity index (χ0n) is 9.22. The van der Waals surface area contributed by atoms with Gasteiger partial charge in [-0.05, 0) is 18.8 Å². The number of ether oxygens (including phenoxy) is 1. The SMILES string of the molecule is C=CCOC(=O)N1CCC[C@H](CC(=O)O)C1. The second-order valence-corrected chi connectivity index (χ2v) is 3.92. The van der Waals surface area contributed by atoms with Crippen LogP contribution in [0, 0.1) is 5.92 Å². The first-order chi connectivity index (χ1) is 7.63. The lowest BCUT2D eigenvalue weighted by molar-refractivity contribution is -0.138. The van der Waals surface area contributed by atoms with Gasteiger partial charge >= 0.3 is 12.1 Å². The van der Waals surface area contributed by atoms with Crippen LogP contribution in [0.2, 0.25) is 0 Å². The number of carbonyl (C=O) groups excluding carboxylic acids is 1. The van der Waals surface area contributed by atoms with Gasteiger partial charge in [-0.2, -0.15) is 0 Å². The molecule has 5 heteroatoms. The molecular formula is C11H17NO4. The highest BCUT2D eigenvalue weighted by atomic mass is 16.6. The molecule has 1 fully saturated rings. The molecule has 1 N–H and O–H groups in total. The van der Waals surface area contributed by atoms with Gasteiger partial charge in [0.1, 0.15) is 6.61 Å². The van der Waals surface area contributed by atoms with Crippen molar-refractivity contribution in [1.29, 1.82) is 0 Å². The van der Waals surface area contributed by atoms with E-state index in [1.165, 1.54) is 6.08 Å². The van der Waals surface area contributed by atoms with E-state index < -0.39 is 5.97 Å². The van der Waals surface area contributed by atoms with Crippen LogP contribution in [0.15, 0.2) is 12.7 Å². The van der Waals surface area contributed by atoms with Crippen molar-refractivity contribution in [3.05, 3.63) is 12.7 Å². The maximum absolute atomic E-state index is 11.5. The minimum Gasteiger partial charge on any atom is -0.481 e. The van der Waals surface area contributed by atoms with Crippen molar-refractivity contribution in [3.63, 3.8) is 0 Å². The van der Waals surface area contributed by atoms with Gasteiger partial charge in [0.15, 0.2) is 0 Å². The second-order valence-electron chi connectivity index (χ2n) is 3.92. The Morgan fingerprint density at radius 1 is 1.56 bits per heavy atom. The van der Waals surface area contributed by atoms with Gasteiger partial charge in [0.2, 0.25) is 0 Å². The van der Waals surface area contributed by atoms with Crippen molar-refractivity contribution in [2.45, 2.75) is 19.3 Å². The van der Waals surface area contributed by atoms with Gasteiger partial charge in [0.25, 0.3) is 0 Å². The molecule has 0 unspecified atom stereocenters. The Balaban J connectivity index is 2.40. The van der Waals surface area contributed by atoms with Crippen LogP contribution in [0.25, 0.3) is 0 Å². The number of carbonyl (C=O) groups is 2. The van der Waals surface area contributed by atoms with E-state index >= 15 is 0 Å². The monoisotopic (exact) mass is 227 g/mol. The largest absolute Gasteiger partial charge is 0.481 e. The van der Waals surface area contributed by atoms with Crippen molar-refractivity contribution in [2.75, 3.05) is 19.7 Å². The van der Waals surface area contributed by atoms with Gasteiger partial charge in [-0.3, -0.25) is 4.79 Å². The van der Waals surface area contributed by atoms with Crippen LogP contribution >= 0.6 is 0 Å². The van der Waals surface area contributed by atoms with Gasteiger partial charge in [-0.25, -0.2) is 4.79 Å². The number of piperidine rings is 1. The first-order valence-electron chi connectivity index (χ1n) is 5.38. The molecule has 90 valence electrons. The highest BCUT2D eigenvalue weighted by Gasteiger charge is 2.25. The van der Waals surface area contributed by atoms with Gasteiger partial charge < -0.3 is 14.7 Å². The topological polar surface area (TPSA) is 66.8 Å². The molecule has 0 aromatic carbocycles. The zero-order chi connectivity index (χ0) is 12.0. The minimum atomic E-state index is -0.814. The average molecular weight is 227 g/mol. The Labute approximate surface area is 94.7 Å². The van der Waals surface area contributed by atoms with Gasteiger partial charge in [0, 0.05) is 19.5 Å². The van der Waals surface area contributed by atoms with Crippen molar-refractivity contribution >= 4 is 12.1 Å². The van der Waals surface area contributed by atoms with E-state index in [1.54, 1.807) is 4.90 Å². The molecule has 1 aliphatic rings. The molecule has 1 aliphatic heterocycles. The number of rotatable bonds is 4. The third-order valence-corrected chi connectivity index (χ3v) is 2.57. The van der Waals surface area contributed by atoms with E-state index in [2.05, 4.69) is 6.58 Å². The molecule has 16 heavy (non-hydrogen) atoms. The highest BCUT2D eigenvalue weighted by Crippen LogP contribution is 2.20. The zero-order valence-corrected chi connectivity index (χ0v) is 9.22. The number of amides is 1. The molecular weight excluding hydrogens is 210 g/mol. The van der Waals surface area contributed by atoms with Gasteiger partial charge in [0.05, 0.1) is 0 Å². The number of likely N-dealkylation sites (tertiary alicyclic amines) is 1. The summed E-state index contributed by atoms with van der Waals surface area (Å²) < 4.78 is 4.91. The Morgan fingerprint density at radius 2 is 2.31 bits per heavy atom. The predicted octanol–water partition coefficient (Wildman–Crippen LogP) is 1.50. The number of carboxylic acid groups (broad SMARTS) is 1. The summed E-state index contributed by atoms with van der Waals surface area (Å²) in [4.78, 5) is 23.6. The van der Waals surface area contributed by atoms with Crippen molar-refractivity contribution in [1.82, 2.24) is 4.90 Å². The van der Waals surface area contributed by atoms with Crippen LogP contribution in [0.3, 0.4) is 0 Å². The molecule has 0 radical (unpaired) electrons.